The Kier molecular flexibility index (Phi) is 3.62. The number of guanidine groups is 1. The normalized spacial score (nSPS) is 22.3. The molecule has 0 saturated carbocycles. The highest BCUT2D eigenvalue weighted by Crippen LogP contribution is 2.26. The van der Waals surface area contributed by atoms with Crippen molar-refractivity contribution in [2.24, 2.45) is 10.8 Å². The maximum absolute atomic E-state index is 13.0. The lowest BCUT2D eigenvalue weighted by Crippen LogP contribution is -2.52. The van der Waals surface area contributed by atoms with Gasteiger partial charge in [-0.25, -0.2) is 14.6 Å². The van der Waals surface area contributed by atoms with E-state index in [4.69, 9.17) is 5.84 Å². The first kappa shape index (κ1) is 11.2. The topological polar surface area (TPSA) is 53.6 Å². The Balaban J connectivity index is 2.63. The molecule has 0 amide bonds. The van der Waals surface area contributed by atoms with Crippen molar-refractivity contribution < 1.29 is 8.78 Å². The fourth-order valence-electron chi connectivity index (χ4n) is 1.53. The lowest BCUT2D eigenvalue weighted by molar-refractivity contribution is -0.0474. The number of nitrogens with one attached hydrogen (secondary N) is 1. The maximum Gasteiger partial charge on any atom is 0.265 e. The number of nitrogens with two attached hydrogens (primary N) is 1. The van der Waals surface area contributed by atoms with Crippen LogP contribution in [0.4, 0.5) is 8.78 Å². The molecule has 0 bridgehead atoms. The molecule has 1 saturated heterocycles. The molecular formula is C8H16F2N4. The molecule has 1 fully saturated rings. The predicted octanol–water partition coefficient (Wildman–Crippen LogP) is 0.557. The van der Waals surface area contributed by atoms with Crippen LogP contribution in [-0.4, -0.2) is 36.4 Å². The third-order valence-corrected chi connectivity index (χ3v) is 2.13. The molecule has 0 unspecified atom stereocenters. The van der Waals surface area contributed by atoms with E-state index in [2.05, 4.69) is 10.4 Å². The number of hydrazine groups is 1. The molecule has 0 aromatic carbocycles. The average molecular weight is 206 g/mol. The van der Waals surface area contributed by atoms with Gasteiger partial charge in [0, 0.05) is 19.5 Å². The zero-order valence-corrected chi connectivity index (χ0v) is 8.26. The van der Waals surface area contributed by atoms with Gasteiger partial charge in [0.2, 0.25) is 5.96 Å². The van der Waals surface area contributed by atoms with Crippen LogP contribution in [0.5, 0.6) is 0 Å². The highest BCUT2D eigenvalue weighted by atomic mass is 19.3. The number of hydrogen-bond acceptors (Lipinski definition) is 2. The molecule has 0 aliphatic carbocycles. The molecule has 6 heteroatoms. The molecule has 4 nitrogen and oxygen atoms in total. The van der Waals surface area contributed by atoms with E-state index >= 15 is 0 Å². The van der Waals surface area contributed by atoms with Gasteiger partial charge in [0.05, 0.1) is 6.54 Å². The number of rotatable bonds is 1. The first-order valence-electron chi connectivity index (χ1n) is 4.73. The van der Waals surface area contributed by atoms with Crippen LogP contribution in [0.1, 0.15) is 19.8 Å². The van der Waals surface area contributed by atoms with E-state index in [1.165, 1.54) is 4.90 Å². The van der Waals surface area contributed by atoms with Crippen molar-refractivity contribution in [3.05, 3.63) is 0 Å². The first-order chi connectivity index (χ1) is 6.59. The van der Waals surface area contributed by atoms with Crippen molar-refractivity contribution in [3.8, 4) is 0 Å². The van der Waals surface area contributed by atoms with E-state index < -0.39 is 5.92 Å². The summed E-state index contributed by atoms with van der Waals surface area (Å²) in [6.45, 7) is 2.65. The number of halogens is 2. The van der Waals surface area contributed by atoms with Gasteiger partial charge in [-0.3, -0.25) is 10.4 Å². The quantitative estimate of drug-likeness (QED) is 0.285. The summed E-state index contributed by atoms with van der Waals surface area (Å²) in [7, 11) is 0. The Labute approximate surface area is 82.1 Å². The van der Waals surface area contributed by atoms with Gasteiger partial charge in [-0.15, -0.1) is 0 Å². The molecule has 1 aliphatic heterocycles. The first-order valence-corrected chi connectivity index (χ1v) is 4.73. The van der Waals surface area contributed by atoms with Crippen LogP contribution in [0.15, 0.2) is 4.99 Å². The van der Waals surface area contributed by atoms with E-state index in [0.29, 0.717) is 25.5 Å². The van der Waals surface area contributed by atoms with Gasteiger partial charge in [0.1, 0.15) is 0 Å². The molecule has 14 heavy (non-hydrogen) atoms. The Morgan fingerprint density at radius 3 is 2.86 bits per heavy atom. The zero-order chi connectivity index (χ0) is 10.6. The minimum atomic E-state index is -2.62. The minimum Gasteiger partial charge on any atom is -0.336 e. The predicted molar refractivity (Wildman–Crippen MR) is 51.1 cm³/mol. The Morgan fingerprint density at radius 2 is 2.36 bits per heavy atom. The van der Waals surface area contributed by atoms with Crippen LogP contribution < -0.4 is 11.3 Å². The van der Waals surface area contributed by atoms with Gasteiger partial charge in [-0.2, -0.15) is 0 Å². The lowest BCUT2D eigenvalue weighted by Gasteiger charge is -2.34. The van der Waals surface area contributed by atoms with Crippen LogP contribution >= 0.6 is 0 Å². The van der Waals surface area contributed by atoms with E-state index in [1.807, 2.05) is 6.92 Å². The van der Waals surface area contributed by atoms with Crippen molar-refractivity contribution in [2.75, 3.05) is 19.6 Å². The van der Waals surface area contributed by atoms with E-state index in [1.54, 1.807) is 0 Å². The smallest absolute Gasteiger partial charge is 0.265 e. The van der Waals surface area contributed by atoms with E-state index in [9.17, 15) is 8.78 Å². The number of hydrogen-bond donors (Lipinski definition) is 2. The number of aliphatic imine (C=N–C) groups is 1. The third kappa shape index (κ3) is 2.80. The minimum absolute atomic E-state index is 0.0481. The van der Waals surface area contributed by atoms with E-state index in [0.717, 1.165) is 0 Å². The fourth-order valence-corrected chi connectivity index (χ4v) is 1.53. The van der Waals surface area contributed by atoms with Crippen LogP contribution in [0.2, 0.25) is 0 Å². The summed E-state index contributed by atoms with van der Waals surface area (Å²) >= 11 is 0. The Morgan fingerprint density at radius 1 is 1.64 bits per heavy atom. The van der Waals surface area contributed by atoms with Crippen molar-refractivity contribution >= 4 is 5.96 Å². The Hall–Kier alpha value is -0.910. The molecule has 0 atom stereocenters. The van der Waals surface area contributed by atoms with Crippen LogP contribution in [0.25, 0.3) is 0 Å². The average Bonchev–Trinajstić information content (AvgIpc) is 2.12. The molecule has 0 radical (unpaired) electrons. The highest BCUT2D eigenvalue weighted by molar-refractivity contribution is 5.79. The summed E-state index contributed by atoms with van der Waals surface area (Å²) < 4.78 is 26.1. The molecule has 0 aromatic rings. The molecule has 3 N–H and O–H groups in total. The van der Waals surface area contributed by atoms with Crippen molar-refractivity contribution in [3.63, 3.8) is 0 Å². The molecular weight excluding hydrogens is 190 g/mol. The summed E-state index contributed by atoms with van der Waals surface area (Å²) in [5, 5.41) is 0. The zero-order valence-electron chi connectivity index (χ0n) is 8.26. The van der Waals surface area contributed by atoms with Crippen LogP contribution in [0.3, 0.4) is 0 Å². The summed E-state index contributed by atoms with van der Waals surface area (Å²) in [6.07, 6.45) is 0.422. The second-order valence-corrected chi connectivity index (χ2v) is 3.32. The summed E-state index contributed by atoms with van der Waals surface area (Å²) in [5.41, 5.74) is 2.35. The molecule has 1 rings (SSSR count). The van der Waals surface area contributed by atoms with Gasteiger partial charge in [0.15, 0.2) is 0 Å². The van der Waals surface area contributed by atoms with Gasteiger partial charge < -0.3 is 4.90 Å². The highest BCUT2D eigenvalue weighted by Gasteiger charge is 2.36. The fraction of sp³-hybridized carbons (Fsp3) is 0.875. The molecule has 0 aromatic heterocycles. The van der Waals surface area contributed by atoms with Gasteiger partial charge in [-0.05, 0) is 13.3 Å². The van der Waals surface area contributed by atoms with Crippen molar-refractivity contribution in [1.29, 1.82) is 0 Å². The Bertz CT molecular complexity index is 217. The van der Waals surface area contributed by atoms with Gasteiger partial charge in [-0.1, -0.05) is 0 Å². The second kappa shape index (κ2) is 4.54. The maximum atomic E-state index is 13.0. The standard InChI is InChI=1S/C8H16F2N4/c1-2-12-7(13-11)14-5-3-4-8(9,10)6-14/h2-6,11H2,1H3,(H,12,13). The number of alkyl halides is 2. The van der Waals surface area contributed by atoms with Crippen molar-refractivity contribution in [2.45, 2.75) is 25.7 Å². The monoisotopic (exact) mass is 206 g/mol. The molecule has 1 aliphatic rings. The molecule has 1 heterocycles. The summed E-state index contributed by atoms with van der Waals surface area (Å²) in [5.74, 6) is 2.94. The molecule has 82 valence electrons. The van der Waals surface area contributed by atoms with Crippen LogP contribution in [0, 0.1) is 0 Å². The second-order valence-electron chi connectivity index (χ2n) is 3.32. The lowest BCUT2D eigenvalue weighted by atomic mass is 10.1. The number of piperidine rings is 1. The van der Waals surface area contributed by atoms with Gasteiger partial charge in [0.25, 0.3) is 5.92 Å². The number of likely N-dealkylation sites (tertiary alicyclic amines) is 1. The third-order valence-electron chi connectivity index (χ3n) is 2.13. The largest absolute Gasteiger partial charge is 0.336 e. The molecule has 0 spiro atoms. The summed E-state index contributed by atoms with van der Waals surface area (Å²) in [4.78, 5) is 5.50. The van der Waals surface area contributed by atoms with E-state index in [-0.39, 0.29) is 13.0 Å². The SMILES string of the molecule is CCN=C(NN)N1CCCC(F)(F)C1. The van der Waals surface area contributed by atoms with Gasteiger partial charge >= 0.3 is 0 Å². The summed E-state index contributed by atoms with van der Waals surface area (Å²) in [6, 6.07) is 0. The van der Waals surface area contributed by atoms with Crippen LogP contribution in [-0.2, 0) is 0 Å². The van der Waals surface area contributed by atoms with Crippen molar-refractivity contribution in [1.82, 2.24) is 10.3 Å². The number of nitrogens with zero attached hydrogens (tertiary/aromatic N) is 2.